The molecule has 6 heteroatoms. The standard InChI is InChI=1S/C21H24N2O4/c1-23-9-8-17(12-19(23)24)20(25)22-13-18(21(26)27)11-14-6-7-15-4-2-3-5-16(15)10-14/h2-7,10,17-18H,8-9,11-13H2,1H3,(H,22,25)(H,26,27). The van der Waals surface area contributed by atoms with E-state index in [2.05, 4.69) is 5.32 Å². The van der Waals surface area contributed by atoms with Crippen molar-refractivity contribution >= 4 is 28.6 Å². The van der Waals surface area contributed by atoms with Gasteiger partial charge in [-0.05, 0) is 29.2 Å². The second kappa shape index (κ2) is 8.20. The van der Waals surface area contributed by atoms with E-state index in [-0.39, 0.29) is 30.7 Å². The number of piperidine rings is 1. The minimum absolute atomic E-state index is 0.0488. The Morgan fingerprint density at radius 1 is 1.22 bits per heavy atom. The predicted molar refractivity (Wildman–Crippen MR) is 102 cm³/mol. The summed E-state index contributed by atoms with van der Waals surface area (Å²) in [5.74, 6) is -2.31. The van der Waals surface area contributed by atoms with Gasteiger partial charge < -0.3 is 15.3 Å². The number of rotatable bonds is 6. The highest BCUT2D eigenvalue weighted by Crippen LogP contribution is 2.19. The average Bonchev–Trinajstić information content (AvgIpc) is 2.66. The molecule has 1 fully saturated rings. The number of nitrogens with zero attached hydrogens (tertiary/aromatic N) is 1. The van der Waals surface area contributed by atoms with Gasteiger partial charge in [0, 0.05) is 32.5 Å². The molecule has 2 atom stereocenters. The molecule has 2 N–H and O–H groups in total. The second-order valence-electron chi connectivity index (χ2n) is 7.17. The quantitative estimate of drug-likeness (QED) is 0.817. The molecule has 2 aromatic carbocycles. The number of amides is 2. The van der Waals surface area contributed by atoms with Gasteiger partial charge in [-0.1, -0.05) is 42.5 Å². The van der Waals surface area contributed by atoms with Crippen molar-refractivity contribution in [3.63, 3.8) is 0 Å². The maximum atomic E-state index is 12.3. The summed E-state index contributed by atoms with van der Waals surface area (Å²) in [4.78, 5) is 37.3. The van der Waals surface area contributed by atoms with Gasteiger partial charge in [0.05, 0.1) is 5.92 Å². The zero-order valence-electron chi connectivity index (χ0n) is 15.4. The molecule has 0 aliphatic carbocycles. The Morgan fingerprint density at radius 3 is 2.67 bits per heavy atom. The number of carbonyl (C=O) groups excluding carboxylic acids is 2. The minimum atomic E-state index is -0.942. The van der Waals surface area contributed by atoms with E-state index in [0.29, 0.717) is 19.4 Å². The van der Waals surface area contributed by atoms with Gasteiger partial charge in [-0.2, -0.15) is 0 Å². The van der Waals surface area contributed by atoms with Crippen molar-refractivity contribution in [2.45, 2.75) is 19.3 Å². The SMILES string of the molecule is CN1CCC(C(=O)NCC(Cc2ccc3ccccc3c2)C(=O)O)CC1=O. The lowest BCUT2D eigenvalue weighted by atomic mass is 9.94. The van der Waals surface area contributed by atoms with Crippen LogP contribution in [0, 0.1) is 11.8 Å². The third kappa shape index (κ3) is 4.64. The fraction of sp³-hybridized carbons (Fsp3) is 0.381. The molecule has 0 aromatic heterocycles. The highest BCUT2D eigenvalue weighted by Gasteiger charge is 2.29. The Hall–Kier alpha value is -2.89. The van der Waals surface area contributed by atoms with Crippen LogP contribution in [0.4, 0.5) is 0 Å². The Bertz CT molecular complexity index is 864. The Morgan fingerprint density at radius 2 is 1.96 bits per heavy atom. The normalized spacial score (nSPS) is 18.3. The van der Waals surface area contributed by atoms with Crippen LogP contribution in [0.2, 0.25) is 0 Å². The minimum Gasteiger partial charge on any atom is -0.481 e. The first-order valence-corrected chi connectivity index (χ1v) is 9.16. The molecule has 2 amide bonds. The number of likely N-dealkylation sites (tertiary alicyclic amines) is 1. The van der Waals surface area contributed by atoms with Crippen molar-refractivity contribution in [3.8, 4) is 0 Å². The van der Waals surface area contributed by atoms with Crippen LogP contribution in [-0.2, 0) is 20.8 Å². The summed E-state index contributed by atoms with van der Waals surface area (Å²) < 4.78 is 0. The number of carboxylic acids is 1. The molecule has 27 heavy (non-hydrogen) atoms. The van der Waals surface area contributed by atoms with Gasteiger partial charge in [-0.3, -0.25) is 14.4 Å². The highest BCUT2D eigenvalue weighted by atomic mass is 16.4. The lowest BCUT2D eigenvalue weighted by Gasteiger charge is -2.28. The number of carboxylic acid groups (broad SMARTS) is 1. The number of hydrogen-bond acceptors (Lipinski definition) is 3. The van der Waals surface area contributed by atoms with Crippen LogP contribution < -0.4 is 5.32 Å². The van der Waals surface area contributed by atoms with E-state index in [1.54, 1.807) is 11.9 Å². The number of nitrogens with one attached hydrogen (secondary N) is 1. The van der Waals surface area contributed by atoms with E-state index in [1.165, 1.54) is 0 Å². The zero-order chi connectivity index (χ0) is 19.4. The summed E-state index contributed by atoms with van der Waals surface area (Å²) in [6, 6.07) is 13.8. The summed E-state index contributed by atoms with van der Waals surface area (Å²) in [7, 11) is 1.72. The van der Waals surface area contributed by atoms with Gasteiger partial charge in [0.25, 0.3) is 0 Å². The number of aliphatic carboxylic acids is 1. The maximum absolute atomic E-state index is 12.3. The molecule has 1 aliphatic rings. The average molecular weight is 368 g/mol. The smallest absolute Gasteiger partial charge is 0.308 e. The highest BCUT2D eigenvalue weighted by molar-refractivity contribution is 5.87. The molecule has 0 bridgehead atoms. The molecule has 6 nitrogen and oxygen atoms in total. The van der Waals surface area contributed by atoms with Crippen LogP contribution in [0.25, 0.3) is 10.8 Å². The first kappa shape index (κ1) is 18.9. The molecule has 1 heterocycles. The van der Waals surface area contributed by atoms with Crippen molar-refractivity contribution in [2.75, 3.05) is 20.1 Å². The van der Waals surface area contributed by atoms with Crippen molar-refractivity contribution < 1.29 is 19.5 Å². The van der Waals surface area contributed by atoms with E-state index < -0.39 is 11.9 Å². The van der Waals surface area contributed by atoms with Crippen molar-refractivity contribution in [1.82, 2.24) is 10.2 Å². The van der Waals surface area contributed by atoms with Gasteiger partial charge >= 0.3 is 5.97 Å². The number of hydrogen-bond donors (Lipinski definition) is 2. The summed E-state index contributed by atoms with van der Waals surface area (Å²) in [6.07, 6.45) is 1.13. The van der Waals surface area contributed by atoms with Gasteiger partial charge in [0.15, 0.2) is 0 Å². The van der Waals surface area contributed by atoms with Crippen LogP contribution >= 0.6 is 0 Å². The Balaban J connectivity index is 1.61. The van der Waals surface area contributed by atoms with Crippen LogP contribution in [0.1, 0.15) is 18.4 Å². The fourth-order valence-corrected chi connectivity index (χ4v) is 3.43. The molecule has 142 valence electrons. The number of carbonyl (C=O) groups is 3. The molecule has 0 radical (unpaired) electrons. The lowest BCUT2D eigenvalue weighted by Crippen LogP contribution is -2.43. The van der Waals surface area contributed by atoms with Crippen LogP contribution in [0.15, 0.2) is 42.5 Å². The molecule has 0 spiro atoms. The molecular weight excluding hydrogens is 344 g/mol. The molecule has 0 saturated carbocycles. The fourth-order valence-electron chi connectivity index (χ4n) is 3.43. The van der Waals surface area contributed by atoms with E-state index in [1.807, 2.05) is 42.5 Å². The monoisotopic (exact) mass is 368 g/mol. The first-order chi connectivity index (χ1) is 12.9. The third-order valence-electron chi connectivity index (χ3n) is 5.20. The van der Waals surface area contributed by atoms with Gasteiger partial charge in [0.2, 0.25) is 11.8 Å². The molecule has 1 saturated heterocycles. The van der Waals surface area contributed by atoms with E-state index >= 15 is 0 Å². The third-order valence-corrected chi connectivity index (χ3v) is 5.20. The van der Waals surface area contributed by atoms with Crippen LogP contribution in [-0.4, -0.2) is 47.9 Å². The van der Waals surface area contributed by atoms with E-state index in [0.717, 1.165) is 16.3 Å². The summed E-state index contributed by atoms with van der Waals surface area (Å²) in [6.45, 7) is 0.609. The van der Waals surface area contributed by atoms with Crippen molar-refractivity contribution in [2.24, 2.45) is 11.8 Å². The van der Waals surface area contributed by atoms with Gasteiger partial charge in [0.1, 0.15) is 0 Å². The molecule has 2 aromatic rings. The zero-order valence-corrected chi connectivity index (χ0v) is 15.4. The van der Waals surface area contributed by atoms with Crippen LogP contribution in [0.5, 0.6) is 0 Å². The van der Waals surface area contributed by atoms with E-state index in [9.17, 15) is 19.5 Å². The van der Waals surface area contributed by atoms with Gasteiger partial charge in [-0.15, -0.1) is 0 Å². The largest absolute Gasteiger partial charge is 0.481 e. The van der Waals surface area contributed by atoms with E-state index in [4.69, 9.17) is 0 Å². The topological polar surface area (TPSA) is 86.7 Å². The van der Waals surface area contributed by atoms with Gasteiger partial charge in [-0.25, -0.2) is 0 Å². The van der Waals surface area contributed by atoms with Crippen molar-refractivity contribution in [3.05, 3.63) is 48.0 Å². The Labute approximate surface area is 158 Å². The first-order valence-electron chi connectivity index (χ1n) is 9.16. The molecule has 1 aliphatic heterocycles. The molecular formula is C21H24N2O4. The van der Waals surface area contributed by atoms with Crippen molar-refractivity contribution in [1.29, 1.82) is 0 Å². The Kier molecular flexibility index (Phi) is 5.74. The summed E-state index contributed by atoms with van der Waals surface area (Å²) in [5, 5.41) is 14.4. The summed E-state index contributed by atoms with van der Waals surface area (Å²) >= 11 is 0. The molecule has 2 unspecified atom stereocenters. The predicted octanol–water partition coefficient (Wildman–Crippen LogP) is 2.07. The number of fused-ring (bicyclic) bond motifs is 1. The molecule has 3 rings (SSSR count). The maximum Gasteiger partial charge on any atom is 0.308 e. The second-order valence-corrected chi connectivity index (χ2v) is 7.17. The summed E-state index contributed by atoms with van der Waals surface area (Å²) in [5.41, 5.74) is 0.921. The number of benzene rings is 2. The van der Waals surface area contributed by atoms with Crippen LogP contribution in [0.3, 0.4) is 0 Å². The lowest BCUT2D eigenvalue weighted by molar-refractivity contribution is -0.142.